The zero-order chi connectivity index (χ0) is 26.3. The molecule has 0 radical (unpaired) electrons. The van der Waals surface area contributed by atoms with Crippen LogP contribution in [0.2, 0.25) is 0 Å². The summed E-state index contributed by atoms with van der Waals surface area (Å²) in [6.07, 6.45) is 3.32. The van der Waals surface area contributed by atoms with Gasteiger partial charge in [0.1, 0.15) is 17.2 Å². The number of carbonyl (C=O) groups is 3. The zero-order valence-corrected chi connectivity index (χ0v) is 21.8. The molecule has 2 saturated carbocycles. The van der Waals surface area contributed by atoms with Crippen LogP contribution in [0.4, 0.5) is 4.79 Å². The Labute approximate surface area is 212 Å². The van der Waals surface area contributed by atoms with E-state index in [4.69, 9.17) is 4.74 Å². The minimum Gasteiger partial charge on any atom is -0.444 e. The maximum Gasteiger partial charge on any atom is 0.410 e. The van der Waals surface area contributed by atoms with Crippen LogP contribution in [0.1, 0.15) is 52.0 Å². The van der Waals surface area contributed by atoms with E-state index in [1.807, 2.05) is 30.3 Å². The number of likely N-dealkylation sites (tertiary alicyclic amines) is 1. The monoisotopic (exact) mass is 517 g/mol. The van der Waals surface area contributed by atoms with Crippen LogP contribution in [0.15, 0.2) is 43.0 Å². The highest BCUT2D eigenvalue weighted by Crippen LogP contribution is 2.45. The van der Waals surface area contributed by atoms with E-state index in [2.05, 4.69) is 16.6 Å². The second-order valence-electron chi connectivity index (χ2n) is 11.1. The van der Waals surface area contributed by atoms with Crippen LogP contribution in [0.3, 0.4) is 0 Å². The van der Waals surface area contributed by atoms with Crippen LogP contribution >= 0.6 is 0 Å². The summed E-state index contributed by atoms with van der Waals surface area (Å²) < 4.78 is 32.5. The molecule has 196 valence electrons. The predicted molar refractivity (Wildman–Crippen MR) is 134 cm³/mol. The van der Waals surface area contributed by atoms with E-state index < -0.39 is 56.3 Å². The summed E-state index contributed by atoms with van der Waals surface area (Å²) in [5, 5.41) is 2.22. The third kappa shape index (κ3) is 5.74. The third-order valence-corrected chi connectivity index (χ3v) is 8.75. The molecule has 1 saturated heterocycles. The van der Waals surface area contributed by atoms with Crippen LogP contribution in [0, 0.1) is 11.8 Å². The third-order valence-electron chi connectivity index (χ3n) is 6.93. The largest absolute Gasteiger partial charge is 0.444 e. The van der Waals surface area contributed by atoms with Gasteiger partial charge in [-0.15, -0.1) is 6.58 Å². The van der Waals surface area contributed by atoms with E-state index in [1.54, 1.807) is 26.8 Å². The van der Waals surface area contributed by atoms with Crippen molar-refractivity contribution < 1.29 is 27.5 Å². The molecule has 0 bridgehead atoms. The second kappa shape index (κ2) is 9.53. The topological polar surface area (TPSA) is 122 Å². The van der Waals surface area contributed by atoms with Crippen molar-refractivity contribution in [1.82, 2.24) is 14.9 Å². The van der Waals surface area contributed by atoms with E-state index in [-0.39, 0.29) is 12.3 Å². The van der Waals surface area contributed by atoms with Crippen LogP contribution in [0.5, 0.6) is 0 Å². The van der Waals surface area contributed by atoms with Gasteiger partial charge in [-0.2, -0.15) is 0 Å². The molecular weight excluding hydrogens is 482 g/mol. The second-order valence-corrected chi connectivity index (χ2v) is 13.1. The molecule has 3 aliphatic rings. The van der Waals surface area contributed by atoms with Crippen LogP contribution in [-0.2, 0) is 30.8 Å². The van der Waals surface area contributed by atoms with Gasteiger partial charge in [0, 0.05) is 12.5 Å². The molecule has 1 aromatic rings. The quantitative estimate of drug-likeness (QED) is 0.511. The summed E-state index contributed by atoms with van der Waals surface area (Å²) in [5.74, 6) is -1.63. The first-order valence-corrected chi connectivity index (χ1v) is 13.9. The van der Waals surface area contributed by atoms with Gasteiger partial charge < -0.3 is 10.1 Å². The molecule has 10 heteroatoms. The van der Waals surface area contributed by atoms with Crippen molar-refractivity contribution in [3.05, 3.63) is 48.6 Å². The fourth-order valence-corrected chi connectivity index (χ4v) is 6.17. The molecule has 4 atom stereocenters. The van der Waals surface area contributed by atoms with Crippen molar-refractivity contribution in [3.63, 3.8) is 0 Å². The summed E-state index contributed by atoms with van der Waals surface area (Å²) in [4.78, 5) is 41.0. The van der Waals surface area contributed by atoms with E-state index in [0.717, 1.165) is 5.56 Å². The van der Waals surface area contributed by atoms with E-state index >= 15 is 0 Å². The molecule has 4 rings (SSSR count). The fourth-order valence-electron chi connectivity index (χ4n) is 4.81. The Balaban J connectivity index is 1.51. The van der Waals surface area contributed by atoms with Crippen molar-refractivity contribution in [3.8, 4) is 0 Å². The van der Waals surface area contributed by atoms with Crippen LogP contribution < -0.4 is 10.0 Å². The summed E-state index contributed by atoms with van der Waals surface area (Å²) in [6.45, 7) is 9.34. The van der Waals surface area contributed by atoms with Gasteiger partial charge in [-0.3, -0.25) is 19.2 Å². The first-order valence-electron chi connectivity index (χ1n) is 12.4. The zero-order valence-electron chi connectivity index (χ0n) is 21.0. The SMILES string of the molecule is C=C[C@@H]1C[C@]1(NC(=O)[C@@H]1C[C@@H](Cc2ccccc2)CN1C(=O)OC(C)(C)C)C(=O)NS(=O)(=O)C1CC1. The molecule has 2 N–H and O–H groups in total. The molecule has 1 aliphatic heterocycles. The van der Waals surface area contributed by atoms with Crippen LogP contribution in [-0.4, -0.2) is 60.2 Å². The Bertz CT molecular complexity index is 1140. The highest BCUT2D eigenvalue weighted by atomic mass is 32.2. The molecule has 9 nitrogen and oxygen atoms in total. The highest BCUT2D eigenvalue weighted by Gasteiger charge is 2.61. The van der Waals surface area contributed by atoms with E-state index in [0.29, 0.717) is 32.2 Å². The summed E-state index contributed by atoms with van der Waals surface area (Å²) in [7, 11) is -3.77. The maximum atomic E-state index is 13.5. The average Bonchev–Trinajstić information content (AvgIpc) is 3.70. The van der Waals surface area contributed by atoms with Gasteiger partial charge in [0.05, 0.1) is 5.25 Å². The van der Waals surface area contributed by atoms with Gasteiger partial charge in [0.15, 0.2) is 0 Å². The molecule has 1 heterocycles. The molecule has 36 heavy (non-hydrogen) atoms. The Hall–Kier alpha value is -2.88. The molecule has 3 fully saturated rings. The summed E-state index contributed by atoms with van der Waals surface area (Å²) in [6, 6.07) is 8.99. The lowest BCUT2D eigenvalue weighted by atomic mass is 9.96. The standard InChI is InChI=1S/C26H35N3O6S/c1-5-19-15-26(19,23(31)28-36(33,34)20-11-12-20)27-22(30)21-14-18(13-17-9-7-6-8-10-17)16-29(21)24(32)35-25(2,3)4/h5-10,18-21H,1,11-16H2,2-4H3,(H,27,30)(H,28,31)/t18-,19-,21+,26-/m1/s1. The Morgan fingerprint density at radius 3 is 2.42 bits per heavy atom. The van der Waals surface area contributed by atoms with Gasteiger partial charge >= 0.3 is 6.09 Å². The minimum atomic E-state index is -3.77. The number of ether oxygens (including phenoxy) is 1. The molecular formula is C26H35N3O6S. The first kappa shape index (κ1) is 26.2. The summed E-state index contributed by atoms with van der Waals surface area (Å²) in [5.41, 5.74) is -1.03. The molecule has 0 unspecified atom stereocenters. The number of rotatable bonds is 8. The number of carbonyl (C=O) groups excluding carboxylic acids is 3. The van der Waals surface area contributed by atoms with Gasteiger partial charge in [0.2, 0.25) is 15.9 Å². The molecule has 2 aliphatic carbocycles. The first-order chi connectivity index (χ1) is 16.8. The lowest BCUT2D eigenvalue weighted by Gasteiger charge is -2.29. The number of hydrogen-bond donors (Lipinski definition) is 2. The van der Waals surface area contributed by atoms with Crippen molar-refractivity contribution in [2.45, 2.75) is 75.3 Å². The number of benzene rings is 1. The normalized spacial score (nSPS) is 27.8. The molecule has 3 amide bonds. The fraction of sp³-hybridized carbons (Fsp3) is 0.577. The van der Waals surface area contributed by atoms with Crippen molar-refractivity contribution >= 4 is 27.9 Å². The minimum absolute atomic E-state index is 0.0186. The number of nitrogens with one attached hydrogen (secondary N) is 2. The van der Waals surface area contributed by atoms with Gasteiger partial charge in [-0.05, 0) is 64.4 Å². The smallest absolute Gasteiger partial charge is 0.410 e. The molecule has 1 aromatic carbocycles. The van der Waals surface area contributed by atoms with E-state index in [9.17, 15) is 22.8 Å². The Morgan fingerprint density at radius 2 is 1.86 bits per heavy atom. The number of sulfonamides is 1. The van der Waals surface area contributed by atoms with Crippen LogP contribution in [0.25, 0.3) is 0 Å². The number of nitrogens with zero attached hydrogens (tertiary/aromatic N) is 1. The van der Waals surface area contributed by atoms with Gasteiger partial charge in [-0.1, -0.05) is 36.4 Å². The highest BCUT2D eigenvalue weighted by molar-refractivity contribution is 7.91. The van der Waals surface area contributed by atoms with Crippen molar-refractivity contribution in [1.29, 1.82) is 0 Å². The lowest BCUT2D eigenvalue weighted by Crippen LogP contribution is -2.56. The summed E-state index contributed by atoms with van der Waals surface area (Å²) >= 11 is 0. The van der Waals surface area contributed by atoms with E-state index in [1.165, 1.54) is 4.90 Å². The predicted octanol–water partition coefficient (Wildman–Crippen LogP) is 2.52. The average molecular weight is 518 g/mol. The number of amides is 3. The van der Waals surface area contributed by atoms with Gasteiger partial charge in [-0.25, -0.2) is 13.2 Å². The van der Waals surface area contributed by atoms with Crippen molar-refractivity contribution in [2.24, 2.45) is 11.8 Å². The van der Waals surface area contributed by atoms with Crippen molar-refractivity contribution in [2.75, 3.05) is 6.54 Å². The number of hydrogen-bond acceptors (Lipinski definition) is 6. The molecule has 0 aromatic heterocycles. The Morgan fingerprint density at radius 1 is 1.19 bits per heavy atom. The van der Waals surface area contributed by atoms with Gasteiger partial charge in [0.25, 0.3) is 5.91 Å². The maximum absolute atomic E-state index is 13.5. The molecule has 0 spiro atoms. The Kier molecular flexibility index (Phi) is 6.94. The lowest BCUT2D eigenvalue weighted by molar-refractivity contribution is -0.131.